The standard InChI is InChI=1S/C4H9.HI.Zn/c1-3-4-2;;/h3H,4H2,1-2H3;1H;/p-1. The van der Waals surface area contributed by atoms with Crippen LogP contribution >= 0.6 is 0 Å². The van der Waals surface area contributed by atoms with Crippen molar-refractivity contribution in [2.75, 3.05) is 0 Å². The topological polar surface area (TPSA) is 0 Å². The summed E-state index contributed by atoms with van der Waals surface area (Å²) in [5, 5.41) is 0. The van der Waals surface area contributed by atoms with Crippen LogP contribution in [0.2, 0.25) is 0 Å². The molecule has 0 bridgehead atoms. The summed E-state index contributed by atoms with van der Waals surface area (Å²) >= 11 is 0. The molecule has 0 nitrogen and oxygen atoms in total. The molecular weight excluding hydrogens is 240 g/mol. The van der Waals surface area contributed by atoms with Crippen LogP contribution in [0.15, 0.2) is 0 Å². The van der Waals surface area contributed by atoms with E-state index in [1.165, 1.54) is 6.42 Å². The van der Waals surface area contributed by atoms with E-state index < -0.39 is 0 Å². The van der Waals surface area contributed by atoms with Gasteiger partial charge in [-0.05, 0) is 6.42 Å². The zero-order chi connectivity index (χ0) is 3.41. The Morgan fingerprint density at radius 1 is 1.50 bits per heavy atom. The van der Waals surface area contributed by atoms with Gasteiger partial charge in [0.25, 0.3) is 0 Å². The molecule has 2 heteroatoms. The van der Waals surface area contributed by atoms with Gasteiger partial charge < -0.3 is 24.0 Å². The van der Waals surface area contributed by atoms with Gasteiger partial charge in [0.15, 0.2) is 0 Å². The van der Waals surface area contributed by atoms with E-state index in [1.54, 1.807) is 0 Å². The third kappa shape index (κ3) is 18.3. The minimum Gasteiger partial charge on any atom is -1.00 e. The van der Waals surface area contributed by atoms with Crippen LogP contribution in [0.25, 0.3) is 0 Å². The first kappa shape index (κ1) is 15.7. The molecule has 0 aliphatic carbocycles. The van der Waals surface area contributed by atoms with Crippen LogP contribution in [-0.2, 0) is 19.5 Å². The third-order valence-electron chi connectivity index (χ3n) is 0.408. The van der Waals surface area contributed by atoms with E-state index in [4.69, 9.17) is 0 Å². The molecule has 0 N–H and O–H groups in total. The summed E-state index contributed by atoms with van der Waals surface area (Å²) in [6.07, 6.45) is 3.32. The van der Waals surface area contributed by atoms with Crippen LogP contribution in [0.1, 0.15) is 20.3 Å². The number of rotatable bonds is 1. The summed E-state index contributed by atoms with van der Waals surface area (Å²) in [6, 6.07) is 0. The Hall–Kier alpha value is 1.35. The molecule has 35 valence electrons. The van der Waals surface area contributed by atoms with Crippen LogP contribution < -0.4 is 24.0 Å². The van der Waals surface area contributed by atoms with Crippen molar-refractivity contribution >= 4 is 0 Å². The zero-order valence-electron chi connectivity index (χ0n) is 4.37. The van der Waals surface area contributed by atoms with Crippen LogP contribution in [-0.4, -0.2) is 0 Å². The van der Waals surface area contributed by atoms with Crippen molar-refractivity contribution < 1.29 is 43.5 Å². The quantitative estimate of drug-likeness (QED) is 0.397. The second kappa shape index (κ2) is 16.2. The first-order valence-corrected chi connectivity index (χ1v) is 1.69. The molecule has 0 heterocycles. The molecule has 0 aliphatic rings. The molecule has 6 heavy (non-hydrogen) atoms. The van der Waals surface area contributed by atoms with Crippen LogP contribution in [0.5, 0.6) is 0 Å². The van der Waals surface area contributed by atoms with Gasteiger partial charge in [-0.3, -0.25) is 0 Å². The molecule has 0 rings (SSSR count). The van der Waals surface area contributed by atoms with Crippen molar-refractivity contribution in [1.82, 2.24) is 0 Å². The predicted octanol–water partition coefficient (Wildman–Crippen LogP) is -1.38. The Morgan fingerprint density at radius 2 is 1.67 bits per heavy atom. The molecule has 0 amide bonds. The normalized spacial score (nSPS) is 5.00. The minimum atomic E-state index is 0. The Labute approximate surface area is 69.9 Å². The van der Waals surface area contributed by atoms with E-state index >= 15 is 0 Å². The van der Waals surface area contributed by atoms with Gasteiger partial charge in [-0.25, -0.2) is 0 Å². The fourth-order valence-corrected chi connectivity index (χ4v) is 0. The van der Waals surface area contributed by atoms with Crippen molar-refractivity contribution in [3.63, 3.8) is 0 Å². The Morgan fingerprint density at radius 3 is 1.67 bits per heavy atom. The summed E-state index contributed by atoms with van der Waals surface area (Å²) < 4.78 is 0. The predicted molar refractivity (Wildman–Crippen MR) is 20.3 cm³/mol. The van der Waals surface area contributed by atoms with Gasteiger partial charge in [0.05, 0.1) is 0 Å². The number of halogens is 1. The first-order valence-electron chi connectivity index (χ1n) is 1.69. The van der Waals surface area contributed by atoms with Crippen molar-refractivity contribution in [3.8, 4) is 0 Å². The van der Waals surface area contributed by atoms with E-state index in [2.05, 4.69) is 20.3 Å². The Bertz CT molecular complexity index is 9.51. The fourth-order valence-electron chi connectivity index (χ4n) is 0. The SMILES string of the molecule is C[CH]CC.[I-].[Zn]. The fraction of sp³-hybridized carbons (Fsp3) is 0.750. The molecule has 1 radical (unpaired) electrons. The van der Waals surface area contributed by atoms with Gasteiger partial charge in [0.2, 0.25) is 0 Å². The van der Waals surface area contributed by atoms with E-state index in [1.807, 2.05) is 0 Å². The maximum Gasteiger partial charge on any atom is 0 e. The smallest absolute Gasteiger partial charge is 0 e. The largest absolute Gasteiger partial charge is 1.00 e. The number of unbranched alkanes of at least 4 members (excludes halogenated alkanes) is 1. The van der Waals surface area contributed by atoms with Gasteiger partial charge in [0, 0.05) is 19.5 Å². The molecule has 0 unspecified atom stereocenters. The van der Waals surface area contributed by atoms with E-state index in [0.717, 1.165) is 0 Å². The van der Waals surface area contributed by atoms with Crippen LogP contribution in [0.4, 0.5) is 0 Å². The first-order chi connectivity index (χ1) is 1.91. The van der Waals surface area contributed by atoms with Crippen LogP contribution in [0, 0.1) is 6.42 Å². The third-order valence-corrected chi connectivity index (χ3v) is 0.408. The Balaban J connectivity index is -0.0000000450. The second-order valence-corrected chi connectivity index (χ2v) is 0.816. The summed E-state index contributed by atoms with van der Waals surface area (Å²) in [4.78, 5) is 0. The van der Waals surface area contributed by atoms with Crippen molar-refractivity contribution in [2.24, 2.45) is 0 Å². The van der Waals surface area contributed by atoms with E-state index in [0.29, 0.717) is 0 Å². The molecule has 0 aromatic heterocycles. The maximum absolute atomic E-state index is 2.12. The van der Waals surface area contributed by atoms with Crippen molar-refractivity contribution in [2.45, 2.75) is 20.3 Å². The molecular formula is C4H9IZn-. The van der Waals surface area contributed by atoms with Gasteiger partial charge in [-0.15, -0.1) is 0 Å². The van der Waals surface area contributed by atoms with Gasteiger partial charge in [-0.1, -0.05) is 20.3 Å². The molecule has 0 saturated carbocycles. The summed E-state index contributed by atoms with van der Waals surface area (Å²) in [7, 11) is 0. The average Bonchev–Trinajstić information content (AvgIpc) is 1.37. The van der Waals surface area contributed by atoms with Gasteiger partial charge in [0.1, 0.15) is 0 Å². The molecule has 0 fully saturated rings. The second-order valence-electron chi connectivity index (χ2n) is 0.816. The maximum atomic E-state index is 2.12. The number of hydrogen-bond donors (Lipinski definition) is 0. The molecule has 0 aromatic carbocycles. The zero-order valence-corrected chi connectivity index (χ0v) is 9.49. The summed E-state index contributed by atoms with van der Waals surface area (Å²) in [5.74, 6) is 0. The van der Waals surface area contributed by atoms with Gasteiger partial charge in [-0.2, -0.15) is 0 Å². The van der Waals surface area contributed by atoms with E-state index in [9.17, 15) is 0 Å². The Kier molecular flexibility index (Phi) is 42.3. The molecule has 0 aliphatic heterocycles. The molecule has 0 aromatic rings. The summed E-state index contributed by atoms with van der Waals surface area (Å²) in [6.45, 7) is 4.18. The number of hydrogen-bond acceptors (Lipinski definition) is 0. The van der Waals surface area contributed by atoms with E-state index in [-0.39, 0.29) is 43.5 Å². The summed E-state index contributed by atoms with van der Waals surface area (Å²) in [5.41, 5.74) is 0. The van der Waals surface area contributed by atoms with Gasteiger partial charge >= 0.3 is 0 Å². The monoisotopic (exact) mass is 248 g/mol. The van der Waals surface area contributed by atoms with Crippen molar-refractivity contribution in [3.05, 3.63) is 6.42 Å². The van der Waals surface area contributed by atoms with Crippen LogP contribution in [0.3, 0.4) is 0 Å². The van der Waals surface area contributed by atoms with Crippen molar-refractivity contribution in [1.29, 1.82) is 0 Å². The average molecular weight is 249 g/mol. The molecule has 0 saturated heterocycles. The molecule has 0 spiro atoms. The minimum absolute atomic E-state index is 0. The molecule has 0 atom stereocenters.